The number of nitrogens with two attached hydrogens (primary N) is 1. The van der Waals surface area contributed by atoms with Crippen molar-refractivity contribution in [2.75, 3.05) is 6.54 Å². The third-order valence-corrected chi connectivity index (χ3v) is 2.45. The number of carboxylic acids is 1. The molecular formula is C8H15NO2. The summed E-state index contributed by atoms with van der Waals surface area (Å²) in [6, 6.07) is 0. The summed E-state index contributed by atoms with van der Waals surface area (Å²) in [5.74, 6) is 0.299. The third-order valence-electron chi connectivity index (χ3n) is 2.45. The fraction of sp³-hybridized carbons (Fsp3) is 0.875. The summed E-state index contributed by atoms with van der Waals surface area (Å²) in [4.78, 5) is 10.3. The van der Waals surface area contributed by atoms with Crippen LogP contribution in [0.5, 0.6) is 0 Å². The molecular weight excluding hydrogens is 142 g/mol. The monoisotopic (exact) mass is 157 g/mol. The first-order valence-electron chi connectivity index (χ1n) is 4.14. The lowest BCUT2D eigenvalue weighted by molar-refractivity contribution is -0.138. The number of carbonyl (C=O) groups is 1. The van der Waals surface area contributed by atoms with E-state index < -0.39 is 5.97 Å². The first-order valence-corrected chi connectivity index (χ1v) is 4.14. The lowest BCUT2D eigenvalue weighted by atomic mass is 10.0. The van der Waals surface area contributed by atoms with Gasteiger partial charge in [-0.05, 0) is 37.6 Å². The molecule has 1 fully saturated rings. The Morgan fingerprint density at radius 1 is 1.45 bits per heavy atom. The van der Waals surface area contributed by atoms with Gasteiger partial charge in [-0.15, -0.1) is 0 Å². The smallest absolute Gasteiger partial charge is 0.303 e. The molecule has 1 aliphatic carbocycles. The van der Waals surface area contributed by atoms with Crippen LogP contribution in [0.4, 0.5) is 0 Å². The molecule has 0 aromatic rings. The molecule has 1 saturated carbocycles. The first kappa shape index (κ1) is 8.53. The Kier molecular flexibility index (Phi) is 2.88. The van der Waals surface area contributed by atoms with E-state index in [0.717, 1.165) is 25.8 Å². The Morgan fingerprint density at radius 2 is 2.09 bits per heavy atom. The molecule has 0 bridgehead atoms. The van der Waals surface area contributed by atoms with Crippen LogP contribution in [0.25, 0.3) is 0 Å². The molecule has 1 aliphatic rings. The molecule has 2 unspecified atom stereocenters. The largest absolute Gasteiger partial charge is 0.481 e. The van der Waals surface area contributed by atoms with Crippen LogP contribution in [-0.4, -0.2) is 17.6 Å². The van der Waals surface area contributed by atoms with Gasteiger partial charge in [0.25, 0.3) is 0 Å². The van der Waals surface area contributed by atoms with Crippen LogP contribution in [0.1, 0.15) is 25.7 Å². The Balaban J connectivity index is 2.24. The minimum atomic E-state index is -0.673. The van der Waals surface area contributed by atoms with Crippen LogP contribution in [0.15, 0.2) is 0 Å². The predicted octanol–water partition coefficient (Wildman–Crippen LogP) is 0.836. The van der Waals surface area contributed by atoms with Crippen LogP contribution < -0.4 is 5.73 Å². The van der Waals surface area contributed by atoms with Gasteiger partial charge in [-0.2, -0.15) is 0 Å². The van der Waals surface area contributed by atoms with Gasteiger partial charge in [0.05, 0.1) is 0 Å². The fourth-order valence-corrected chi connectivity index (χ4v) is 1.82. The molecule has 1 rings (SSSR count). The van der Waals surface area contributed by atoms with Crippen LogP contribution in [0.2, 0.25) is 0 Å². The zero-order chi connectivity index (χ0) is 8.27. The van der Waals surface area contributed by atoms with E-state index in [1.807, 2.05) is 0 Å². The zero-order valence-electron chi connectivity index (χ0n) is 6.62. The number of aliphatic carboxylic acids is 1. The van der Waals surface area contributed by atoms with Gasteiger partial charge >= 0.3 is 5.97 Å². The summed E-state index contributed by atoms with van der Waals surface area (Å²) in [6.07, 6.45) is 3.52. The third kappa shape index (κ3) is 2.50. The van der Waals surface area contributed by atoms with Gasteiger partial charge in [-0.3, -0.25) is 4.79 Å². The molecule has 0 spiro atoms. The average molecular weight is 157 g/mol. The van der Waals surface area contributed by atoms with E-state index >= 15 is 0 Å². The second kappa shape index (κ2) is 3.72. The van der Waals surface area contributed by atoms with E-state index in [1.165, 1.54) is 0 Å². The maximum absolute atomic E-state index is 10.3. The summed E-state index contributed by atoms with van der Waals surface area (Å²) in [6.45, 7) is 0.718. The lowest BCUT2D eigenvalue weighted by Crippen LogP contribution is -2.11. The lowest BCUT2D eigenvalue weighted by Gasteiger charge is -2.05. The SMILES string of the molecule is NCC1CCC(CC(=O)O)C1. The van der Waals surface area contributed by atoms with Crippen molar-refractivity contribution in [1.82, 2.24) is 0 Å². The highest BCUT2D eigenvalue weighted by Crippen LogP contribution is 2.32. The molecule has 0 aromatic carbocycles. The zero-order valence-corrected chi connectivity index (χ0v) is 6.62. The Labute approximate surface area is 66.6 Å². The minimum absolute atomic E-state index is 0.330. The second-order valence-corrected chi connectivity index (χ2v) is 3.38. The topological polar surface area (TPSA) is 63.3 Å². The van der Waals surface area contributed by atoms with Gasteiger partial charge in [-0.1, -0.05) is 0 Å². The molecule has 11 heavy (non-hydrogen) atoms. The number of rotatable bonds is 3. The molecule has 3 nitrogen and oxygen atoms in total. The normalized spacial score (nSPS) is 30.6. The van der Waals surface area contributed by atoms with Crippen molar-refractivity contribution < 1.29 is 9.90 Å². The Hall–Kier alpha value is -0.570. The van der Waals surface area contributed by atoms with Crippen molar-refractivity contribution in [3.8, 4) is 0 Å². The van der Waals surface area contributed by atoms with Crippen LogP contribution in [0.3, 0.4) is 0 Å². The summed E-state index contributed by atoms with van der Waals surface area (Å²) < 4.78 is 0. The quantitative estimate of drug-likeness (QED) is 0.638. The number of carboxylic acid groups (broad SMARTS) is 1. The summed E-state index contributed by atoms with van der Waals surface area (Å²) in [7, 11) is 0. The van der Waals surface area contributed by atoms with Crippen molar-refractivity contribution in [2.45, 2.75) is 25.7 Å². The van der Waals surface area contributed by atoms with Crippen molar-refractivity contribution in [3.63, 3.8) is 0 Å². The second-order valence-electron chi connectivity index (χ2n) is 3.38. The van der Waals surface area contributed by atoms with Gasteiger partial charge in [0.1, 0.15) is 0 Å². The molecule has 0 saturated heterocycles. The van der Waals surface area contributed by atoms with Crippen LogP contribution in [0, 0.1) is 11.8 Å². The van der Waals surface area contributed by atoms with E-state index in [9.17, 15) is 4.79 Å². The van der Waals surface area contributed by atoms with E-state index in [0.29, 0.717) is 18.3 Å². The summed E-state index contributed by atoms with van der Waals surface area (Å²) in [5, 5.41) is 8.50. The molecule has 0 heterocycles. The molecule has 0 radical (unpaired) electrons. The van der Waals surface area contributed by atoms with E-state index in [-0.39, 0.29) is 0 Å². The van der Waals surface area contributed by atoms with Gasteiger partial charge in [-0.25, -0.2) is 0 Å². The van der Waals surface area contributed by atoms with Crippen molar-refractivity contribution in [3.05, 3.63) is 0 Å². The molecule has 2 atom stereocenters. The number of hydrogen-bond acceptors (Lipinski definition) is 2. The van der Waals surface area contributed by atoms with Crippen molar-refractivity contribution >= 4 is 5.97 Å². The maximum Gasteiger partial charge on any atom is 0.303 e. The van der Waals surface area contributed by atoms with Crippen molar-refractivity contribution in [1.29, 1.82) is 0 Å². The van der Waals surface area contributed by atoms with E-state index in [1.54, 1.807) is 0 Å². The molecule has 64 valence electrons. The molecule has 0 aromatic heterocycles. The maximum atomic E-state index is 10.3. The summed E-state index contributed by atoms with van der Waals surface area (Å²) >= 11 is 0. The van der Waals surface area contributed by atoms with Crippen LogP contribution >= 0.6 is 0 Å². The van der Waals surface area contributed by atoms with Gasteiger partial charge in [0.15, 0.2) is 0 Å². The summed E-state index contributed by atoms with van der Waals surface area (Å²) in [5.41, 5.74) is 5.48. The van der Waals surface area contributed by atoms with Crippen LogP contribution in [-0.2, 0) is 4.79 Å². The average Bonchev–Trinajstić information content (AvgIpc) is 2.34. The molecule has 0 aliphatic heterocycles. The highest BCUT2D eigenvalue weighted by molar-refractivity contribution is 5.67. The van der Waals surface area contributed by atoms with Gasteiger partial charge < -0.3 is 10.8 Å². The Bertz CT molecular complexity index is 147. The predicted molar refractivity (Wildman–Crippen MR) is 42.1 cm³/mol. The first-order chi connectivity index (χ1) is 5.22. The standard InChI is InChI=1S/C8H15NO2/c9-5-7-2-1-6(3-7)4-8(10)11/h6-7H,1-5,9H2,(H,10,11). The van der Waals surface area contributed by atoms with E-state index in [4.69, 9.17) is 10.8 Å². The molecule has 0 amide bonds. The number of hydrogen-bond donors (Lipinski definition) is 2. The fourth-order valence-electron chi connectivity index (χ4n) is 1.82. The van der Waals surface area contributed by atoms with Crippen molar-refractivity contribution in [2.24, 2.45) is 17.6 Å². The highest BCUT2D eigenvalue weighted by Gasteiger charge is 2.24. The molecule has 3 heteroatoms. The van der Waals surface area contributed by atoms with Gasteiger partial charge in [0.2, 0.25) is 0 Å². The minimum Gasteiger partial charge on any atom is -0.481 e. The Morgan fingerprint density at radius 3 is 2.55 bits per heavy atom. The van der Waals surface area contributed by atoms with Gasteiger partial charge in [0, 0.05) is 6.42 Å². The highest BCUT2D eigenvalue weighted by atomic mass is 16.4. The van der Waals surface area contributed by atoms with E-state index in [2.05, 4.69) is 0 Å². The molecule has 3 N–H and O–H groups in total.